The van der Waals surface area contributed by atoms with Gasteiger partial charge in [0.15, 0.2) is 9.84 Å². The van der Waals surface area contributed by atoms with Gasteiger partial charge in [-0.3, -0.25) is 9.13 Å². The van der Waals surface area contributed by atoms with Crippen LogP contribution in [-0.2, 0) is 16.4 Å². The van der Waals surface area contributed by atoms with Gasteiger partial charge in [-0.05, 0) is 61.6 Å². The summed E-state index contributed by atoms with van der Waals surface area (Å²) in [4.78, 5) is 13.7. The van der Waals surface area contributed by atoms with Crippen molar-refractivity contribution in [2.45, 2.75) is 49.3 Å². The molecule has 0 aliphatic heterocycles. The Kier molecular flexibility index (Phi) is 5.89. The molecule has 2 aromatic carbocycles. The minimum Gasteiger partial charge on any atom is -0.495 e. The number of methoxy groups -OCH3 is 1. The fraction of sp³-hybridized carbons (Fsp3) is 0.409. The highest BCUT2D eigenvalue weighted by atomic mass is 35.5. The van der Waals surface area contributed by atoms with E-state index in [1.54, 1.807) is 39.5 Å². The van der Waals surface area contributed by atoms with Crippen molar-refractivity contribution < 1.29 is 18.3 Å². The number of ether oxygens (including phenoxy) is 1. The molecule has 166 valence electrons. The third-order valence-corrected chi connectivity index (χ3v) is 7.36. The molecule has 1 saturated carbocycles. The molecule has 1 heterocycles. The summed E-state index contributed by atoms with van der Waals surface area (Å²) in [5.74, 6) is 0.542. The minimum atomic E-state index is -3.43. The zero-order chi connectivity index (χ0) is 22.3. The molecule has 9 heteroatoms. The quantitative estimate of drug-likeness (QED) is 0.625. The lowest BCUT2D eigenvalue weighted by Gasteiger charge is -2.26. The highest BCUT2D eigenvalue weighted by Gasteiger charge is 2.26. The van der Waals surface area contributed by atoms with Crippen LogP contribution in [0.1, 0.15) is 37.3 Å². The van der Waals surface area contributed by atoms with E-state index in [0.29, 0.717) is 47.5 Å². The maximum atomic E-state index is 13.5. The van der Waals surface area contributed by atoms with E-state index in [2.05, 4.69) is 0 Å². The first-order valence-electron chi connectivity index (χ1n) is 10.1. The van der Waals surface area contributed by atoms with Gasteiger partial charge in [0.25, 0.3) is 0 Å². The zero-order valence-electron chi connectivity index (χ0n) is 17.4. The van der Waals surface area contributed by atoms with Crippen molar-refractivity contribution in [1.82, 2.24) is 9.13 Å². The molecule has 1 aliphatic carbocycles. The van der Waals surface area contributed by atoms with Gasteiger partial charge in [0.05, 0.1) is 40.7 Å². The SMILES string of the molecule is COc1ccc(Cn2c(=O)n(C3CCC(O)CC3)c3ccc(S(C)(=O)=O)cc32)cc1Cl. The molecule has 4 rings (SSSR count). The molecule has 1 aliphatic rings. The van der Waals surface area contributed by atoms with Crippen molar-refractivity contribution in [3.05, 3.63) is 57.5 Å². The smallest absolute Gasteiger partial charge is 0.329 e. The van der Waals surface area contributed by atoms with Crippen molar-refractivity contribution in [1.29, 1.82) is 0 Å². The Morgan fingerprint density at radius 1 is 1.10 bits per heavy atom. The molecule has 1 N–H and O–H groups in total. The number of nitrogens with zero attached hydrogens (tertiary/aromatic N) is 2. The summed E-state index contributed by atoms with van der Waals surface area (Å²) in [7, 11) is -1.90. The molecule has 0 unspecified atom stereocenters. The second-order valence-corrected chi connectivity index (χ2v) is 10.5. The van der Waals surface area contributed by atoms with E-state index >= 15 is 0 Å². The first kappa shape index (κ1) is 21.9. The van der Waals surface area contributed by atoms with Gasteiger partial charge in [0, 0.05) is 12.3 Å². The monoisotopic (exact) mass is 464 g/mol. The van der Waals surface area contributed by atoms with Crippen molar-refractivity contribution in [3.8, 4) is 5.75 Å². The van der Waals surface area contributed by atoms with Crippen molar-refractivity contribution in [2.24, 2.45) is 0 Å². The molecule has 0 saturated heterocycles. The summed E-state index contributed by atoms with van der Waals surface area (Å²) >= 11 is 6.26. The average Bonchev–Trinajstić information content (AvgIpc) is 2.99. The molecule has 3 aromatic rings. The Balaban J connectivity index is 1.87. The number of aromatic nitrogens is 2. The Bertz CT molecular complexity index is 1290. The van der Waals surface area contributed by atoms with Gasteiger partial charge in [0.2, 0.25) is 0 Å². The van der Waals surface area contributed by atoms with Crippen LogP contribution < -0.4 is 10.4 Å². The fourth-order valence-electron chi connectivity index (χ4n) is 4.30. The molecule has 7 nitrogen and oxygen atoms in total. The predicted octanol–water partition coefficient (Wildman–Crippen LogP) is 3.39. The maximum Gasteiger partial charge on any atom is 0.329 e. The number of benzene rings is 2. The van der Waals surface area contributed by atoms with E-state index in [9.17, 15) is 18.3 Å². The number of imidazole rings is 1. The van der Waals surface area contributed by atoms with Crippen LogP contribution in [-0.4, -0.2) is 42.1 Å². The van der Waals surface area contributed by atoms with Crippen LogP contribution in [0, 0.1) is 0 Å². The summed E-state index contributed by atoms with van der Waals surface area (Å²) in [6.45, 7) is 0.245. The van der Waals surface area contributed by atoms with Gasteiger partial charge in [0.1, 0.15) is 5.75 Å². The van der Waals surface area contributed by atoms with Gasteiger partial charge in [-0.2, -0.15) is 0 Å². The lowest BCUT2D eigenvalue weighted by atomic mass is 9.93. The van der Waals surface area contributed by atoms with E-state index in [0.717, 1.165) is 11.8 Å². The Morgan fingerprint density at radius 2 is 1.81 bits per heavy atom. The van der Waals surface area contributed by atoms with Crippen molar-refractivity contribution >= 4 is 32.5 Å². The third-order valence-electron chi connectivity index (χ3n) is 5.95. The summed E-state index contributed by atoms with van der Waals surface area (Å²) < 4.78 is 32.8. The number of fused-ring (bicyclic) bond motifs is 1. The van der Waals surface area contributed by atoms with Gasteiger partial charge < -0.3 is 9.84 Å². The lowest BCUT2D eigenvalue weighted by Crippen LogP contribution is -2.31. The van der Waals surface area contributed by atoms with E-state index in [1.165, 1.54) is 7.11 Å². The van der Waals surface area contributed by atoms with Gasteiger partial charge in [-0.1, -0.05) is 17.7 Å². The van der Waals surface area contributed by atoms with Gasteiger partial charge >= 0.3 is 5.69 Å². The normalized spacial score (nSPS) is 19.6. The molecular formula is C22H25ClN2O5S. The average molecular weight is 465 g/mol. The van der Waals surface area contributed by atoms with E-state index in [1.807, 2.05) is 6.07 Å². The van der Waals surface area contributed by atoms with Crippen LogP contribution in [0.25, 0.3) is 11.0 Å². The van der Waals surface area contributed by atoms with Crippen molar-refractivity contribution in [3.63, 3.8) is 0 Å². The topological polar surface area (TPSA) is 90.5 Å². The van der Waals surface area contributed by atoms with Gasteiger partial charge in [-0.25, -0.2) is 13.2 Å². The number of sulfone groups is 1. The Hall–Kier alpha value is -2.29. The van der Waals surface area contributed by atoms with Gasteiger partial charge in [-0.15, -0.1) is 0 Å². The fourth-order valence-corrected chi connectivity index (χ4v) is 5.22. The maximum absolute atomic E-state index is 13.5. The molecule has 1 aromatic heterocycles. The summed E-state index contributed by atoms with van der Waals surface area (Å²) in [6.07, 6.45) is 3.49. The van der Waals surface area contributed by atoms with Crippen LogP contribution in [0.15, 0.2) is 46.1 Å². The first-order chi connectivity index (χ1) is 14.7. The van der Waals surface area contributed by atoms with Crippen LogP contribution in [0.4, 0.5) is 0 Å². The Labute approximate surface area is 185 Å². The molecular weight excluding hydrogens is 440 g/mol. The highest BCUT2D eigenvalue weighted by molar-refractivity contribution is 7.90. The van der Waals surface area contributed by atoms with E-state index in [-0.39, 0.29) is 29.3 Å². The molecule has 31 heavy (non-hydrogen) atoms. The number of rotatable bonds is 5. The van der Waals surface area contributed by atoms with E-state index in [4.69, 9.17) is 16.3 Å². The van der Waals surface area contributed by atoms with Crippen LogP contribution in [0.3, 0.4) is 0 Å². The number of halogens is 1. The molecule has 0 spiro atoms. The molecule has 0 atom stereocenters. The number of hydrogen-bond donors (Lipinski definition) is 1. The summed E-state index contributed by atoms with van der Waals surface area (Å²) in [6, 6.07) is 10.1. The number of aliphatic hydroxyl groups is 1. The number of aliphatic hydroxyl groups excluding tert-OH is 1. The minimum absolute atomic E-state index is 0.0387. The standard InChI is InChI=1S/C22H25ClN2O5S/c1-30-21-10-3-14(11-18(21)23)13-24-20-12-17(31(2,28)29)8-9-19(20)25(22(24)27)15-4-6-16(26)7-5-15/h3,8-12,15-16,26H,4-7,13H2,1-2H3. The molecule has 0 amide bonds. The molecule has 0 bridgehead atoms. The largest absolute Gasteiger partial charge is 0.495 e. The van der Waals surface area contributed by atoms with Crippen LogP contribution in [0.5, 0.6) is 5.75 Å². The second kappa shape index (κ2) is 8.33. The summed E-state index contributed by atoms with van der Waals surface area (Å²) in [5, 5.41) is 10.3. The third kappa shape index (κ3) is 4.24. The Morgan fingerprint density at radius 3 is 2.42 bits per heavy atom. The second-order valence-electron chi connectivity index (χ2n) is 8.09. The molecule has 0 radical (unpaired) electrons. The van der Waals surface area contributed by atoms with E-state index < -0.39 is 9.84 Å². The van der Waals surface area contributed by atoms with Crippen molar-refractivity contribution in [2.75, 3.05) is 13.4 Å². The molecule has 1 fully saturated rings. The summed E-state index contributed by atoms with van der Waals surface area (Å²) in [5.41, 5.74) is 1.86. The number of hydrogen-bond acceptors (Lipinski definition) is 5. The predicted molar refractivity (Wildman–Crippen MR) is 120 cm³/mol. The zero-order valence-corrected chi connectivity index (χ0v) is 19.0. The lowest BCUT2D eigenvalue weighted by molar-refractivity contribution is 0.110. The highest BCUT2D eigenvalue weighted by Crippen LogP contribution is 2.32. The van der Waals surface area contributed by atoms with Crippen LogP contribution >= 0.6 is 11.6 Å². The van der Waals surface area contributed by atoms with Crippen LogP contribution in [0.2, 0.25) is 5.02 Å². The first-order valence-corrected chi connectivity index (χ1v) is 12.4.